The van der Waals surface area contributed by atoms with E-state index in [1.54, 1.807) is 25.1 Å². The molecule has 144 valence electrons. The van der Waals surface area contributed by atoms with Crippen LogP contribution in [0, 0.1) is 0 Å². The Morgan fingerprint density at radius 2 is 2.04 bits per heavy atom. The van der Waals surface area contributed by atoms with Crippen LogP contribution in [0.2, 0.25) is 0 Å². The second-order valence-electron chi connectivity index (χ2n) is 6.10. The summed E-state index contributed by atoms with van der Waals surface area (Å²) in [5.41, 5.74) is 0. The minimum absolute atomic E-state index is 0.0305. The van der Waals surface area contributed by atoms with Crippen LogP contribution in [0.4, 0.5) is 13.2 Å². The van der Waals surface area contributed by atoms with Crippen molar-refractivity contribution in [1.29, 1.82) is 0 Å². The summed E-state index contributed by atoms with van der Waals surface area (Å²) in [5, 5.41) is 6.86. The van der Waals surface area contributed by atoms with Crippen molar-refractivity contribution in [2.45, 2.75) is 25.7 Å². The number of carbonyl (C=O) groups is 1. The van der Waals surface area contributed by atoms with Crippen LogP contribution in [0.1, 0.15) is 24.6 Å². The van der Waals surface area contributed by atoms with Gasteiger partial charge in [0.05, 0.1) is 6.04 Å². The van der Waals surface area contributed by atoms with Crippen molar-refractivity contribution in [2.75, 3.05) is 19.9 Å². The molecule has 1 amide bonds. The van der Waals surface area contributed by atoms with E-state index in [1.807, 2.05) is 0 Å². The SMILES string of the molecule is CC1c2nnc(C(F)(F)F)n2CCN1C(=O)COc1ccc2c(c1)OCO2. The molecule has 8 nitrogen and oxygen atoms in total. The second kappa shape index (κ2) is 6.32. The van der Waals surface area contributed by atoms with Crippen molar-refractivity contribution in [2.24, 2.45) is 0 Å². The fourth-order valence-electron chi connectivity index (χ4n) is 3.13. The van der Waals surface area contributed by atoms with E-state index < -0.39 is 18.0 Å². The Morgan fingerprint density at radius 1 is 1.26 bits per heavy atom. The maximum atomic E-state index is 13.0. The van der Waals surface area contributed by atoms with Crippen LogP contribution in [-0.2, 0) is 17.5 Å². The van der Waals surface area contributed by atoms with E-state index in [1.165, 1.54) is 4.90 Å². The average Bonchev–Trinajstić information content (AvgIpc) is 3.26. The van der Waals surface area contributed by atoms with Gasteiger partial charge in [0, 0.05) is 19.2 Å². The van der Waals surface area contributed by atoms with Crippen LogP contribution in [0.25, 0.3) is 0 Å². The lowest BCUT2D eigenvalue weighted by Gasteiger charge is -2.33. The largest absolute Gasteiger partial charge is 0.484 e. The number of halogens is 3. The van der Waals surface area contributed by atoms with Gasteiger partial charge in [0.1, 0.15) is 5.75 Å². The Hall–Kier alpha value is -2.98. The molecule has 1 atom stereocenters. The van der Waals surface area contributed by atoms with Crippen molar-refractivity contribution in [3.8, 4) is 17.2 Å². The van der Waals surface area contributed by atoms with Crippen molar-refractivity contribution in [3.63, 3.8) is 0 Å². The predicted octanol–water partition coefficient (Wildman–Crippen LogP) is 2.01. The van der Waals surface area contributed by atoms with Gasteiger partial charge in [0.2, 0.25) is 12.6 Å². The number of carbonyl (C=O) groups excluding carboxylic acids is 1. The number of rotatable bonds is 3. The van der Waals surface area contributed by atoms with Crippen molar-refractivity contribution < 1.29 is 32.2 Å². The van der Waals surface area contributed by atoms with Crippen LogP contribution < -0.4 is 14.2 Å². The first-order chi connectivity index (χ1) is 12.8. The Kier molecular flexibility index (Phi) is 4.08. The monoisotopic (exact) mass is 384 g/mol. The van der Waals surface area contributed by atoms with Gasteiger partial charge in [0.15, 0.2) is 23.9 Å². The number of hydrogen-bond acceptors (Lipinski definition) is 6. The third-order valence-corrected chi connectivity index (χ3v) is 4.47. The van der Waals surface area contributed by atoms with E-state index in [4.69, 9.17) is 14.2 Å². The summed E-state index contributed by atoms with van der Waals surface area (Å²) in [4.78, 5) is 13.9. The predicted molar refractivity (Wildman–Crippen MR) is 83.2 cm³/mol. The van der Waals surface area contributed by atoms with E-state index in [9.17, 15) is 18.0 Å². The van der Waals surface area contributed by atoms with Gasteiger partial charge in [-0.05, 0) is 19.1 Å². The molecule has 0 bridgehead atoms. The third kappa shape index (κ3) is 3.13. The first-order valence-electron chi connectivity index (χ1n) is 8.17. The molecule has 2 aromatic rings. The van der Waals surface area contributed by atoms with Crippen LogP contribution in [0.15, 0.2) is 18.2 Å². The number of aromatic nitrogens is 3. The summed E-state index contributed by atoms with van der Waals surface area (Å²) < 4.78 is 55.8. The fraction of sp³-hybridized carbons (Fsp3) is 0.438. The fourth-order valence-corrected chi connectivity index (χ4v) is 3.13. The molecule has 2 aliphatic heterocycles. The smallest absolute Gasteiger partial charge is 0.451 e. The van der Waals surface area contributed by atoms with Gasteiger partial charge < -0.3 is 23.7 Å². The van der Waals surface area contributed by atoms with Crippen LogP contribution in [0.5, 0.6) is 17.2 Å². The molecule has 11 heteroatoms. The summed E-state index contributed by atoms with van der Waals surface area (Å²) in [5.74, 6) is 0.248. The Balaban J connectivity index is 1.43. The molecule has 0 aliphatic carbocycles. The second-order valence-corrected chi connectivity index (χ2v) is 6.10. The van der Waals surface area contributed by atoms with Crippen molar-refractivity contribution >= 4 is 5.91 Å². The lowest BCUT2D eigenvalue weighted by molar-refractivity contribution is -0.148. The molecule has 0 saturated heterocycles. The Bertz CT molecular complexity index is 883. The highest BCUT2D eigenvalue weighted by molar-refractivity contribution is 5.78. The highest BCUT2D eigenvalue weighted by Gasteiger charge is 2.41. The number of benzene rings is 1. The van der Waals surface area contributed by atoms with Crippen LogP contribution >= 0.6 is 0 Å². The Morgan fingerprint density at radius 3 is 2.81 bits per heavy atom. The van der Waals surface area contributed by atoms with Crippen LogP contribution in [0.3, 0.4) is 0 Å². The van der Waals surface area contributed by atoms with Crippen LogP contribution in [-0.4, -0.2) is 45.5 Å². The zero-order valence-electron chi connectivity index (χ0n) is 14.2. The number of ether oxygens (including phenoxy) is 3. The molecule has 1 aromatic carbocycles. The maximum Gasteiger partial charge on any atom is 0.451 e. The zero-order chi connectivity index (χ0) is 19.2. The number of amides is 1. The van der Waals surface area contributed by atoms with Gasteiger partial charge >= 0.3 is 6.18 Å². The molecular formula is C16H15F3N4O4. The maximum absolute atomic E-state index is 13.0. The summed E-state index contributed by atoms with van der Waals surface area (Å²) in [7, 11) is 0. The summed E-state index contributed by atoms with van der Waals surface area (Å²) in [6, 6.07) is 4.29. The molecule has 0 N–H and O–H groups in total. The lowest BCUT2D eigenvalue weighted by Crippen LogP contribution is -2.44. The van der Waals surface area contributed by atoms with Gasteiger partial charge in [-0.25, -0.2) is 0 Å². The summed E-state index contributed by atoms with van der Waals surface area (Å²) in [6.45, 7) is 1.56. The minimum Gasteiger partial charge on any atom is -0.484 e. The van der Waals surface area contributed by atoms with E-state index in [2.05, 4.69) is 10.2 Å². The first-order valence-corrected chi connectivity index (χ1v) is 8.17. The van der Waals surface area contributed by atoms with Gasteiger partial charge in [0.25, 0.3) is 5.91 Å². The molecule has 0 fully saturated rings. The molecule has 4 rings (SSSR count). The first kappa shape index (κ1) is 17.4. The summed E-state index contributed by atoms with van der Waals surface area (Å²) >= 11 is 0. The minimum atomic E-state index is -4.58. The number of nitrogens with zero attached hydrogens (tertiary/aromatic N) is 4. The molecule has 27 heavy (non-hydrogen) atoms. The normalized spacial score (nSPS) is 18.4. The van der Waals surface area contributed by atoms with Crippen molar-refractivity contribution in [3.05, 3.63) is 29.8 Å². The molecule has 2 aliphatic rings. The van der Waals surface area contributed by atoms with Gasteiger partial charge in [-0.1, -0.05) is 0 Å². The molecule has 3 heterocycles. The molecule has 1 aromatic heterocycles. The topological polar surface area (TPSA) is 78.7 Å². The highest BCUT2D eigenvalue weighted by Crippen LogP contribution is 2.35. The van der Waals surface area contributed by atoms with E-state index in [0.717, 1.165) is 4.57 Å². The third-order valence-electron chi connectivity index (χ3n) is 4.47. The molecule has 0 spiro atoms. The summed E-state index contributed by atoms with van der Waals surface area (Å²) in [6.07, 6.45) is -4.58. The molecule has 1 unspecified atom stereocenters. The lowest BCUT2D eigenvalue weighted by atomic mass is 10.2. The van der Waals surface area contributed by atoms with Gasteiger partial charge in [-0.3, -0.25) is 4.79 Å². The highest BCUT2D eigenvalue weighted by atomic mass is 19.4. The number of fused-ring (bicyclic) bond motifs is 2. The molecule has 0 radical (unpaired) electrons. The van der Waals surface area contributed by atoms with Gasteiger partial charge in [-0.2, -0.15) is 13.2 Å². The Labute approximate surface area is 151 Å². The zero-order valence-corrected chi connectivity index (χ0v) is 14.2. The van der Waals surface area contributed by atoms with E-state index >= 15 is 0 Å². The number of hydrogen-bond donors (Lipinski definition) is 0. The standard InChI is InChI=1S/C16H15F3N4O4/c1-9-14-20-21-15(16(17,18)19)23(14)5-4-22(9)13(24)7-25-10-2-3-11-12(6-10)27-8-26-11/h2-3,6,9H,4-5,7-8H2,1H3. The quantitative estimate of drug-likeness (QED) is 0.806. The average molecular weight is 384 g/mol. The van der Waals surface area contributed by atoms with E-state index in [-0.39, 0.29) is 38.2 Å². The van der Waals surface area contributed by atoms with Gasteiger partial charge in [-0.15, -0.1) is 10.2 Å². The van der Waals surface area contributed by atoms with E-state index in [0.29, 0.717) is 17.2 Å². The molecular weight excluding hydrogens is 369 g/mol. The van der Waals surface area contributed by atoms with Crippen molar-refractivity contribution in [1.82, 2.24) is 19.7 Å². The molecule has 0 saturated carbocycles. The number of alkyl halides is 3.